The van der Waals surface area contributed by atoms with E-state index in [1.165, 1.54) is 4.90 Å². The average Bonchev–Trinajstić information content (AvgIpc) is 3.54. The molecule has 0 atom stereocenters. The summed E-state index contributed by atoms with van der Waals surface area (Å²) in [5.41, 5.74) is 5.26. The van der Waals surface area contributed by atoms with Crippen LogP contribution in [0.15, 0.2) is 77.5 Å². The average molecular weight is 463 g/mol. The lowest BCUT2D eigenvalue weighted by Crippen LogP contribution is -2.47. The van der Waals surface area contributed by atoms with Crippen LogP contribution < -0.4 is 0 Å². The van der Waals surface area contributed by atoms with Gasteiger partial charge >= 0.3 is 0 Å². The van der Waals surface area contributed by atoms with Crippen molar-refractivity contribution in [3.8, 4) is 23.0 Å². The highest BCUT2D eigenvalue weighted by molar-refractivity contribution is 6.20. The fourth-order valence-electron chi connectivity index (χ4n) is 4.89. The van der Waals surface area contributed by atoms with E-state index in [0.717, 1.165) is 53.8 Å². The third-order valence-corrected chi connectivity index (χ3v) is 6.85. The monoisotopic (exact) mass is 462 g/mol. The van der Waals surface area contributed by atoms with Crippen molar-refractivity contribution in [2.75, 3.05) is 0 Å². The highest BCUT2D eigenvalue weighted by Crippen LogP contribution is 2.34. The zero-order valence-electron chi connectivity index (χ0n) is 19.9. The van der Waals surface area contributed by atoms with Crippen molar-refractivity contribution < 1.29 is 9.59 Å². The van der Waals surface area contributed by atoms with Crippen molar-refractivity contribution >= 4 is 17.9 Å². The van der Waals surface area contributed by atoms with Crippen LogP contribution in [-0.2, 0) is 9.59 Å². The van der Waals surface area contributed by atoms with Crippen LogP contribution in [0.25, 0.3) is 23.0 Å². The standard InChI is InChI=1S/C29H26N4O2/c1-19-12-14-21(15-13-19)27-22(18-32(31-27)23-8-4-3-5-9-23)16-25-20(2)26(17-30)29(35)33(28(25)34)24-10-6-7-11-24/h3-5,8-9,12-16,18,24H,6-7,10-11H2,1-2H3. The fraction of sp³-hybridized carbons (Fsp3) is 0.241. The van der Waals surface area contributed by atoms with Crippen LogP contribution in [-0.4, -0.2) is 32.5 Å². The van der Waals surface area contributed by atoms with Gasteiger partial charge in [-0.3, -0.25) is 14.5 Å². The molecule has 0 saturated heterocycles. The Bertz CT molecular complexity index is 1400. The van der Waals surface area contributed by atoms with E-state index in [2.05, 4.69) is 6.07 Å². The van der Waals surface area contributed by atoms with E-state index in [1.807, 2.05) is 67.7 Å². The Morgan fingerprint density at radius 1 is 0.971 bits per heavy atom. The highest BCUT2D eigenvalue weighted by Gasteiger charge is 2.40. The Morgan fingerprint density at radius 2 is 1.66 bits per heavy atom. The lowest BCUT2D eigenvalue weighted by Gasteiger charge is -2.32. The number of aryl methyl sites for hydroxylation is 1. The molecule has 0 N–H and O–H groups in total. The van der Waals surface area contributed by atoms with Crippen molar-refractivity contribution in [1.29, 1.82) is 5.26 Å². The van der Waals surface area contributed by atoms with E-state index >= 15 is 0 Å². The van der Waals surface area contributed by atoms with Gasteiger partial charge in [0.05, 0.1) is 11.4 Å². The topological polar surface area (TPSA) is 79.0 Å². The molecule has 0 spiro atoms. The molecule has 2 aliphatic rings. The number of rotatable bonds is 4. The Hall–Kier alpha value is -4.24. The second-order valence-corrected chi connectivity index (χ2v) is 9.17. The van der Waals surface area contributed by atoms with Gasteiger partial charge in [-0.25, -0.2) is 4.68 Å². The molecule has 1 aromatic heterocycles. The largest absolute Gasteiger partial charge is 0.271 e. The van der Waals surface area contributed by atoms with Crippen molar-refractivity contribution in [3.05, 3.63) is 88.6 Å². The number of para-hydroxylation sites is 1. The summed E-state index contributed by atoms with van der Waals surface area (Å²) in [6.45, 7) is 3.71. The lowest BCUT2D eigenvalue weighted by atomic mass is 9.92. The van der Waals surface area contributed by atoms with E-state index in [9.17, 15) is 14.9 Å². The van der Waals surface area contributed by atoms with E-state index in [1.54, 1.807) is 17.7 Å². The Balaban J connectivity index is 1.68. The maximum absolute atomic E-state index is 13.6. The first-order chi connectivity index (χ1) is 17.0. The first kappa shape index (κ1) is 22.5. The highest BCUT2D eigenvalue weighted by atomic mass is 16.2. The van der Waals surface area contributed by atoms with Crippen molar-refractivity contribution in [2.24, 2.45) is 0 Å². The van der Waals surface area contributed by atoms with Crippen LogP contribution in [0.4, 0.5) is 0 Å². The van der Waals surface area contributed by atoms with E-state index < -0.39 is 5.91 Å². The van der Waals surface area contributed by atoms with Gasteiger partial charge in [0, 0.05) is 28.9 Å². The molecule has 6 heteroatoms. The molecule has 35 heavy (non-hydrogen) atoms. The Labute approximate surface area is 204 Å². The summed E-state index contributed by atoms with van der Waals surface area (Å²) in [5, 5.41) is 14.6. The van der Waals surface area contributed by atoms with Crippen LogP contribution in [0, 0.1) is 18.3 Å². The van der Waals surface area contributed by atoms with E-state index in [-0.39, 0.29) is 17.5 Å². The molecular weight excluding hydrogens is 436 g/mol. The molecule has 3 aromatic rings. The predicted octanol–water partition coefficient (Wildman–Crippen LogP) is 5.38. The zero-order valence-corrected chi connectivity index (χ0v) is 19.9. The van der Waals surface area contributed by atoms with Crippen LogP contribution in [0.5, 0.6) is 0 Å². The summed E-state index contributed by atoms with van der Waals surface area (Å²) < 4.78 is 1.79. The molecule has 2 amide bonds. The minimum atomic E-state index is -0.474. The van der Waals surface area contributed by atoms with E-state index in [4.69, 9.17) is 5.10 Å². The number of hydrogen-bond donors (Lipinski definition) is 0. The Kier molecular flexibility index (Phi) is 5.92. The second-order valence-electron chi connectivity index (χ2n) is 9.17. The molecule has 2 heterocycles. The van der Waals surface area contributed by atoms with Gasteiger partial charge < -0.3 is 0 Å². The van der Waals surface area contributed by atoms with Gasteiger partial charge in [0.15, 0.2) is 0 Å². The maximum atomic E-state index is 13.6. The SMILES string of the molecule is CC1=C(C#N)C(=O)N(C2CCCC2)C(=O)C1=Cc1cn(-c2ccccc2)nc1-c1ccc(C)cc1. The number of nitrogens with zero attached hydrogens (tertiary/aromatic N) is 4. The molecule has 1 saturated carbocycles. The summed E-state index contributed by atoms with van der Waals surface area (Å²) in [7, 11) is 0. The number of nitriles is 1. The first-order valence-electron chi connectivity index (χ1n) is 11.9. The summed E-state index contributed by atoms with van der Waals surface area (Å²) in [6, 6.07) is 19.7. The molecule has 0 unspecified atom stereocenters. The van der Waals surface area contributed by atoms with Gasteiger partial charge in [-0.2, -0.15) is 10.4 Å². The van der Waals surface area contributed by atoms with Crippen LogP contribution in [0.2, 0.25) is 0 Å². The van der Waals surface area contributed by atoms with Gasteiger partial charge in [0.2, 0.25) is 0 Å². The number of benzene rings is 2. The fourth-order valence-corrected chi connectivity index (χ4v) is 4.89. The third kappa shape index (κ3) is 4.10. The van der Waals surface area contributed by atoms with Gasteiger partial charge in [-0.15, -0.1) is 0 Å². The molecule has 2 aromatic carbocycles. The Morgan fingerprint density at radius 3 is 2.31 bits per heavy atom. The molecule has 1 fully saturated rings. The van der Waals surface area contributed by atoms with E-state index in [0.29, 0.717) is 11.1 Å². The number of carbonyl (C=O) groups excluding carboxylic acids is 2. The summed E-state index contributed by atoms with van der Waals surface area (Å²) in [5.74, 6) is -0.807. The third-order valence-electron chi connectivity index (χ3n) is 6.85. The lowest BCUT2D eigenvalue weighted by molar-refractivity contribution is -0.143. The van der Waals surface area contributed by atoms with Crippen molar-refractivity contribution in [2.45, 2.75) is 45.6 Å². The van der Waals surface area contributed by atoms with Crippen LogP contribution >= 0.6 is 0 Å². The molecule has 0 bridgehead atoms. The maximum Gasteiger partial charge on any atom is 0.271 e. The minimum Gasteiger partial charge on any atom is -0.271 e. The number of imide groups is 1. The van der Waals surface area contributed by atoms with Crippen molar-refractivity contribution in [3.63, 3.8) is 0 Å². The molecule has 0 radical (unpaired) electrons. The minimum absolute atomic E-state index is 0.0371. The molecule has 6 nitrogen and oxygen atoms in total. The molecular formula is C29H26N4O2. The summed E-state index contributed by atoms with van der Waals surface area (Å²) >= 11 is 0. The molecule has 174 valence electrons. The van der Waals surface area contributed by atoms with Crippen LogP contribution in [0.3, 0.4) is 0 Å². The van der Waals surface area contributed by atoms with Gasteiger partial charge in [-0.05, 0) is 50.5 Å². The zero-order chi connectivity index (χ0) is 24.5. The smallest absolute Gasteiger partial charge is 0.271 e. The first-order valence-corrected chi connectivity index (χ1v) is 11.9. The van der Waals surface area contributed by atoms with Crippen LogP contribution in [0.1, 0.15) is 43.7 Å². The quantitative estimate of drug-likeness (QED) is 0.385. The number of aromatic nitrogens is 2. The van der Waals surface area contributed by atoms with Gasteiger partial charge in [-0.1, -0.05) is 60.9 Å². The molecule has 1 aliphatic heterocycles. The number of amides is 2. The van der Waals surface area contributed by atoms with Crippen molar-refractivity contribution in [1.82, 2.24) is 14.7 Å². The number of hydrogen-bond acceptors (Lipinski definition) is 4. The van der Waals surface area contributed by atoms with Gasteiger partial charge in [0.1, 0.15) is 11.6 Å². The normalized spacial score (nSPS) is 18.0. The molecule has 5 rings (SSSR count). The predicted molar refractivity (Wildman–Crippen MR) is 134 cm³/mol. The van der Waals surface area contributed by atoms with Gasteiger partial charge in [0.25, 0.3) is 11.8 Å². The number of carbonyl (C=O) groups is 2. The summed E-state index contributed by atoms with van der Waals surface area (Å²) in [4.78, 5) is 28.0. The summed E-state index contributed by atoms with van der Waals surface area (Å²) in [6.07, 6.45) is 7.19. The molecule has 1 aliphatic carbocycles. The second kappa shape index (κ2) is 9.19.